The number of hydrogen-bond acceptors (Lipinski definition) is 4. The van der Waals surface area contributed by atoms with Crippen LogP contribution in [-0.2, 0) is 4.79 Å². The standard InChI is InChI=1S/C14H25N3O2/c1-16-6-4-13(5-7-16)17(8-9-18)14(19)11-2-3-12(15)10-11/h2-3,11-13,18H,4-10,15H2,1H3. The van der Waals surface area contributed by atoms with Gasteiger partial charge in [0.25, 0.3) is 0 Å². The lowest BCUT2D eigenvalue weighted by Gasteiger charge is -2.38. The van der Waals surface area contributed by atoms with Gasteiger partial charge in [-0.3, -0.25) is 4.79 Å². The summed E-state index contributed by atoms with van der Waals surface area (Å²) in [6.07, 6.45) is 6.52. The molecule has 0 spiro atoms. The van der Waals surface area contributed by atoms with Gasteiger partial charge in [0, 0.05) is 18.6 Å². The van der Waals surface area contributed by atoms with Crippen LogP contribution in [-0.4, -0.2) is 66.2 Å². The fourth-order valence-electron chi connectivity index (χ4n) is 3.01. The summed E-state index contributed by atoms with van der Waals surface area (Å²) in [4.78, 5) is 16.7. The van der Waals surface area contributed by atoms with E-state index in [0.717, 1.165) is 25.9 Å². The molecule has 1 saturated heterocycles. The highest BCUT2D eigenvalue weighted by Gasteiger charge is 2.32. The molecule has 1 heterocycles. The Morgan fingerprint density at radius 3 is 2.63 bits per heavy atom. The lowest BCUT2D eigenvalue weighted by Crippen LogP contribution is -2.49. The molecular weight excluding hydrogens is 242 g/mol. The number of carbonyl (C=O) groups is 1. The van der Waals surface area contributed by atoms with Gasteiger partial charge in [0.15, 0.2) is 0 Å². The Hall–Kier alpha value is -0.910. The summed E-state index contributed by atoms with van der Waals surface area (Å²) in [5.41, 5.74) is 5.82. The zero-order valence-electron chi connectivity index (χ0n) is 11.7. The van der Waals surface area contributed by atoms with E-state index in [-0.39, 0.29) is 30.5 Å². The largest absolute Gasteiger partial charge is 0.395 e. The van der Waals surface area contributed by atoms with E-state index in [4.69, 9.17) is 5.73 Å². The third kappa shape index (κ3) is 3.55. The third-order valence-electron chi connectivity index (χ3n) is 4.19. The van der Waals surface area contributed by atoms with Crippen LogP contribution in [0.3, 0.4) is 0 Å². The molecule has 108 valence electrons. The summed E-state index contributed by atoms with van der Waals surface area (Å²) in [6, 6.07) is 0.267. The van der Waals surface area contributed by atoms with Gasteiger partial charge >= 0.3 is 0 Å². The monoisotopic (exact) mass is 267 g/mol. The number of hydrogen-bond donors (Lipinski definition) is 2. The lowest BCUT2D eigenvalue weighted by molar-refractivity contribution is -0.138. The minimum atomic E-state index is -0.0961. The number of likely N-dealkylation sites (tertiary alicyclic amines) is 1. The van der Waals surface area contributed by atoms with E-state index in [0.29, 0.717) is 13.0 Å². The highest BCUT2D eigenvalue weighted by atomic mass is 16.3. The summed E-state index contributed by atoms with van der Waals surface area (Å²) in [6.45, 7) is 2.49. The Morgan fingerprint density at radius 2 is 2.11 bits per heavy atom. The number of carbonyl (C=O) groups excluding carboxylic acids is 1. The second-order valence-electron chi connectivity index (χ2n) is 5.68. The molecule has 2 rings (SSSR count). The predicted octanol–water partition coefficient (Wildman–Crippen LogP) is -0.195. The van der Waals surface area contributed by atoms with Crippen LogP contribution < -0.4 is 5.73 Å². The van der Waals surface area contributed by atoms with Gasteiger partial charge in [-0.1, -0.05) is 12.2 Å². The first-order valence-electron chi connectivity index (χ1n) is 7.15. The maximum absolute atomic E-state index is 12.6. The van der Waals surface area contributed by atoms with Gasteiger partial charge in [0.05, 0.1) is 12.5 Å². The van der Waals surface area contributed by atoms with Crippen molar-refractivity contribution in [3.63, 3.8) is 0 Å². The number of aliphatic hydroxyl groups is 1. The van der Waals surface area contributed by atoms with Crippen molar-refractivity contribution < 1.29 is 9.90 Å². The van der Waals surface area contributed by atoms with Crippen LogP contribution in [0.25, 0.3) is 0 Å². The molecule has 0 aromatic heterocycles. The quantitative estimate of drug-likeness (QED) is 0.692. The van der Waals surface area contributed by atoms with Crippen LogP contribution in [0, 0.1) is 5.92 Å². The number of nitrogens with zero attached hydrogens (tertiary/aromatic N) is 2. The van der Waals surface area contributed by atoms with Gasteiger partial charge in [-0.25, -0.2) is 0 Å². The van der Waals surface area contributed by atoms with Crippen LogP contribution >= 0.6 is 0 Å². The van der Waals surface area contributed by atoms with Crippen molar-refractivity contribution in [3.8, 4) is 0 Å². The molecule has 1 aliphatic carbocycles. The van der Waals surface area contributed by atoms with Crippen LogP contribution in [0.5, 0.6) is 0 Å². The van der Waals surface area contributed by atoms with E-state index in [9.17, 15) is 9.90 Å². The van der Waals surface area contributed by atoms with Gasteiger partial charge in [0.2, 0.25) is 5.91 Å². The summed E-state index contributed by atoms with van der Waals surface area (Å²) < 4.78 is 0. The first kappa shape index (κ1) is 14.5. The zero-order chi connectivity index (χ0) is 13.8. The number of aliphatic hydroxyl groups excluding tert-OH is 1. The third-order valence-corrected chi connectivity index (χ3v) is 4.19. The van der Waals surface area contributed by atoms with Gasteiger partial charge in [-0.05, 0) is 39.4 Å². The molecular formula is C14H25N3O2. The molecule has 0 bridgehead atoms. The van der Waals surface area contributed by atoms with E-state index in [1.165, 1.54) is 0 Å². The summed E-state index contributed by atoms with van der Waals surface area (Å²) in [5, 5.41) is 9.22. The molecule has 2 aliphatic rings. The number of rotatable bonds is 4. The average molecular weight is 267 g/mol. The molecule has 5 nitrogen and oxygen atoms in total. The van der Waals surface area contributed by atoms with Crippen molar-refractivity contribution in [1.82, 2.24) is 9.80 Å². The maximum Gasteiger partial charge on any atom is 0.229 e. The lowest BCUT2D eigenvalue weighted by atomic mass is 10.00. The first-order chi connectivity index (χ1) is 9.11. The molecule has 19 heavy (non-hydrogen) atoms. The summed E-state index contributed by atoms with van der Waals surface area (Å²) in [5.74, 6) is 0.0361. The van der Waals surface area contributed by atoms with Crippen molar-refractivity contribution in [2.75, 3.05) is 33.3 Å². The Morgan fingerprint density at radius 1 is 1.42 bits per heavy atom. The van der Waals surface area contributed by atoms with Crippen molar-refractivity contribution >= 4 is 5.91 Å². The predicted molar refractivity (Wildman–Crippen MR) is 74.5 cm³/mol. The molecule has 0 aromatic rings. The second-order valence-corrected chi connectivity index (χ2v) is 5.68. The molecule has 1 fully saturated rings. The normalized spacial score (nSPS) is 28.8. The molecule has 3 N–H and O–H groups in total. The molecule has 1 amide bonds. The Kier molecular flexibility index (Phi) is 4.96. The number of nitrogens with two attached hydrogens (primary N) is 1. The van der Waals surface area contributed by atoms with E-state index in [1.807, 2.05) is 17.1 Å². The molecule has 2 atom stereocenters. The van der Waals surface area contributed by atoms with Crippen molar-refractivity contribution in [2.24, 2.45) is 11.7 Å². The van der Waals surface area contributed by atoms with Crippen molar-refractivity contribution in [2.45, 2.75) is 31.3 Å². The highest BCUT2D eigenvalue weighted by Crippen LogP contribution is 2.23. The fraction of sp³-hybridized carbons (Fsp3) is 0.786. The van der Waals surface area contributed by atoms with Gasteiger partial charge < -0.3 is 20.6 Å². The van der Waals surface area contributed by atoms with Gasteiger partial charge in [0.1, 0.15) is 0 Å². The van der Waals surface area contributed by atoms with E-state index in [1.54, 1.807) is 0 Å². The molecule has 2 unspecified atom stereocenters. The van der Waals surface area contributed by atoms with E-state index in [2.05, 4.69) is 11.9 Å². The van der Waals surface area contributed by atoms with Gasteiger partial charge in [-0.15, -0.1) is 0 Å². The SMILES string of the molecule is CN1CCC(N(CCO)C(=O)C2C=CC(N)C2)CC1. The molecule has 5 heteroatoms. The Balaban J connectivity index is 1.98. The molecule has 0 radical (unpaired) electrons. The topological polar surface area (TPSA) is 69.8 Å². The fourth-order valence-corrected chi connectivity index (χ4v) is 3.01. The first-order valence-corrected chi connectivity index (χ1v) is 7.15. The molecule has 0 aromatic carbocycles. The van der Waals surface area contributed by atoms with Crippen LogP contribution in [0.1, 0.15) is 19.3 Å². The number of amides is 1. The Labute approximate surface area is 115 Å². The maximum atomic E-state index is 12.6. The van der Waals surface area contributed by atoms with Crippen molar-refractivity contribution in [1.29, 1.82) is 0 Å². The molecule has 1 aliphatic heterocycles. The van der Waals surface area contributed by atoms with Crippen LogP contribution in [0.4, 0.5) is 0 Å². The second kappa shape index (κ2) is 6.50. The zero-order valence-corrected chi connectivity index (χ0v) is 11.7. The Bertz CT molecular complexity index is 338. The highest BCUT2D eigenvalue weighted by molar-refractivity contribution is 5.81. The van der Waals surface area contributed by atoms with E-state index >= 15 is 0 Å². The van der Waals surface area contributed by atoms with Gasteiger partial charge in [-0.2, -0.15) is 0 Å². The van der Waals surface area contributed by atoms with Crippen LogP contribution in [0.2, 0.25) is 0 Å². The van der Waals surface area contributed by atoms with Crippen molar-refractivity contribution in [3.05, 3.63) is 12.2 Å². The van der Waals surface area contributed by atoms with E-state index < -0.39 is 0 Å². The minimum Gasteiger partial charge on any atom is -0.395 e. The molecule has 0 saturated carbocycles. The average Bonchev–Trinajstić information content (AvgIpc) is 2.83. The van der Waals surface area contributed by atoms with Crippen LogP contribution in [0.15, 0.2) is 12.2 Å². The smallest absolute Gasteiger partial charge is 0.229 e. The summed E-state index contributed by atoms with van der Waals surface area (Å²) in [7, 11) is 2.10. The summed E-state index contributed by atoms with van der Waals surface area (Å²) >= 11 is 0. The number of piperidine rings is 1. The minimum absolute atomic E-state index is 0.00224.